The van der Waals surface area contributed by atoms with Gasteiger partial charge >= 0.3 is 6.01 Å². The standard InChI is InChI=1S/C18H19N3O3/c1-4-12-5-8-14(9-6-12)19-18-20-17(21-24-18)13-7-10-15(22-2)16(11-13)23-3/h5-11H,4H2,1-3H3,(H,19,20,21). The quantitative estimate of drug-likeness (QED) is 0.737. The van der Waals surface area contributed by atoms with Crippen LogP contribution in [0.3, 0.4) is 0 Å². The van der Waals surface area contributed by atoms with Crippen LogP contribution in [0.2, 0.25) is 0 Å². The molecular formula is C18H19N3O3. The molecule has 0 aliphatic carbocycles. The van der Waals surface area contributed by atoms with E-state index < -0.39 is 0 Å². The third-order valence-corrected chi connectivity index (χ3v) is 3.68. The molecule has 24 heavy (non-hydrogen) atoms. The van der Waals surface area contributed by atoms with Crippen molar-refractivity contribution in [3.05, 3.63) is 48.0 Å². The van der Waals surface area contributed by atoms with Crippen LogP contribution in [0.4, 0.5) is 11.7 Å². The average molecular weight is 325 g/mol. The summed E-state index contributed by atoms with van der Waals surface area (Å²) in [4.78, 5) is 4.36. The molecule has 0 atom stereocenters. The van der Waals surface area contributed by atoms with Crippen molar-refractivity contribution < 1.29 is 14.0 Å². The van der Waals surface area contributed by atoms with Gasteiger partial charge in [-0.3, -0.25) is 0 Å². The van der Waals surface area contributed by atoms with Gasteiger partial charge in [-0.25, -0.2) is 0 Å². The van der Waals surface area contributed by atoms with Gasteiger partial charge in [0, 0.05) is 11.3 Å². The summed E-state index contributed by atoms with van der Waals surface area (Å²) in [5.74, 6) is 1.74. The molecule has 3 aromatic rings. The van der Waals surface area contributed by atoms with Crippen LogP contribution in [0, 0.1) is 0 Å². The highest BCUT2D eigenvalue weighted by molar-refractivity contribution is 5.62. The van der Waals surface area contributed by atoms with Gasteiger partial charge in [0.25, 0.3) is 0 Å². The van der Waals surface area contributed by atoms with Gasteiger partial charge in [0.2, 0.25) is 5.82 Å². The highest BCUT2D eigenvalue weighted by Crippen LogP contribution is 2.31. The molecule has 1 N–H and O–H groups in total. The molecule has 0 fully saturated rings. The molecule has 0 unspecified atom stereocenters. The Hall–Kier alpha value is -3.02. The Balaban J connectivity index is 1.79. The second-order valence-corrected chi connectivity index (χ2v) is 5.17. The van der Waals surface area contributed by atoms with Crippen molar-refractivity contribution in [3.63, 3.8) is 0 Å². The molecular weight excluding hydrogens is 306 g/mol. The number of methoxy groups -OCH3 is 2. The van der Waals surface area contributed by atoms with Gasteiger partial charge in [0.05, 0.1) is 14.2 Å². The molecule has 0 bridgehead atoms. The zero-order valence-corrected chi connectivity index (χ0v) is 13.9. The first-order valence-electron chi connectivity index (χ1n) is 7.65. The lowest BCUT2D eigenvalue weighted by Gasteiger charge is -2.07. The molecule has 0 saturated carbocycles. The van der Waals surface area contributed by atoms with Crippen LogP contribution in [0.1, 0.15) is 12.5 Å². The number of nitrogens with zero attached hydrogens (tertiary/aromatic N) is 2. The summed E-state index contributed by atoms with van der Waals surface area (Å²) in [5.41, 5.74) is 2.96. The van der Waals surface area contributed by atoms with Crippen molar-refractivity contribution in [1.82, 2.24) is 10.1 Å². The van der Waals surface area contributed by atoms with E-state index in [0.717, 1.165) is 17.7 Å². The highest BCUT2D eigenvalue weighted by atomic mass is 16.5. The van der Waals surface area contributed by atoms with Gasteiger partial charge in [0.15, 0.2) is 11.5 Å². The summed E-state index contributed by atoms with van der Waals surface area (Å²) in [6.07, 6.45) is 1.00. The molecule has 0 spiro atoms. The average Bonchev–Trinajstić information content (AvgIpc) is 3.10. The third-order valence-electron chi connectivity index (χ3n) is 3.68. The SMILES string of the molecule is CCc1ccc(Nc2nc(-c3ccc(OC)c(OC)c3)no2)cc1. The molecule has 0 saturated heterocycles. The fraction of sp³-hybridized carbons (Fsp3) is 0.222. The Morgan fingerprint density at radius 2 is 1.75 bits per heavy atom. The van der Waals surface area contributed by atoms with E-state index in [-0.39, 0.29) is 0 Å². The van der Waals surface area contributed by atoms with Crippen molar-refractivity contribution in [1.29, 1.82) is 0 Å². The molecule has 124 valence electrons. The normalized spacial score (nSPS) is 10.5. The summed E-state index contributed by atoms with van der Waals surface area (Å²) >= 11 is 0. The van der Waals surface area contributed by atoms with E-state index in [1.165, 1.54) is 5.56 Å². The minimum absolute atomic E-state index is 0.337. The first kappa shape index (κ1) is 15.9. The van der Waals surface area contributed by atoms with Crippen molar-refractivity contribution >= 4 is 11.7 Å². The van der Waals surface area contributed by atoms with Crippen molar-refractivity contribution in [2.45, 2.75) is 13.3 Å². The Labute approximate surface area is 140 Å². The minimum atomic E-state index is 0.337. The molecule has 1 heterocycles. The molecule has 6 heteroatoms. The van der Waals surface area contributed by atoms with E-state index in [0.29, 0.717) is 23.3 Å². The lowest BCUT2D eigenvalue weighted by atomic mass is 10.1. The maximum atomic E-state index is 5.30. The monoisotopic (exact) mass is 325 g/mol. The third kappa shape index (κ3) is 3.32. The zero-order valence-electron chi connectivity index (χ0n) is 13.9. The van der Waals surface area contributed by atoms with E-state index in [1.54, 1.807) is 20.3 Å². The Morgan fingerprint density at radius 1 is 1.00 bits per heavy atom. The van der Waals surface area contributed by atoms with Gasteiger partial charge in [-0.1, -0.05) is 24.2 Å². The predicted octanol–water partition coefficient (Wildman–Crippen LogP) is 4.06. The topological polar surface area (TPSA) is 69.4 Å². The predicted molar refractivity (Wildman–Crippen MR) is 91.9 cm³/mol. The second-order valence-electron chi connectivity index (χ2n) is 5.17. The molecule has 0 aliphatic heterocycles. The van der Waals surface area contributed by atoms with Crippen LogP contribution in [0.25, 0.3) is 11.4 Å². The molecule has 0 radical (unpaired) electrons. The summed E-state index contributed by atoms with van der Waals surface area (Å²) in [6.45, 7) is 2.12. The maximum absolute atomic E-state index is 5.30. The maximum Gasteiger partial charge on any atom is 0.326 e. The van der Waals surface area contributed by atoms with E-state index in [2.05, 4.69) is 34.5 Å². The number of hydrogen-bond donors (Lipinski definition) is 1. The van der Waals surface area contributed by atoms with Crippen LogP contribution >= 0.6 is 0 Å². The summed E-state index contributed by atoms with van der Waals surface area (Å²) < 4.78 is 15.8. The van der Waals surface area contributed by atoms with Crippen LogP contribution in [-0.2, 0) is 6.42 Å². The molecule has 3 rings (SSSR count). The Morgan fingerprint density at radius 3 is 2.42 bits per heavy atom. The number of anilines is 2. The van der Waals surface area contributed by atoms with Gasteiger partial charge in [-0.2, -0.15) is 4.98 Å². The summed E-state index contributed by atoms with van der Waals surface area (Å²) in [6, 6.07) is 13.9. The fourth-order valence-corrected chi connectivity index (χ4v) is 2.31. The molecule has 2 aromatic carbocycles. The molecule has 6 nitrogen and oxygen atoms in total. The Bertz CT molecular complexity index is 813. The smallest absolute Gasteiger partial charge is 0.326 e. The van der Waals surface area contributed by atoms with Crippen molar-refractivity contribution in [3.8, 4) is 22.9 Å². The molecule has 1 aromatic heterocycles. The van der Waals surface area contributed by atoms with Crippen molar-refractivity contribution in [2.24, 2.45) is 0 Å². The van der Waals surface area contributed by atoms with E-state index in [4.69, 9.17) is 14.0 Å². The van der Waals surface area contributed by atoms with E-state index in [9.17, 15) is 0 Å². The highest BCUT2D eigenvalue weighted by Gasteiger charge is 2.12. The number of benzene rings is 2. The second kappa shape index (κ2) is 7.04. The number of nitrogens with one attached hydrogen (secondary N) is 1. The number of ether oxygens (including phenoxy) is 2. The molecule has 0 amide bonds. The van der Waals surface area contributed by atoms with Gasteiger partial charge < -0.3 is 19.3 Å². The van der Waals surface area contributed by atoms with Crippen LogP contribution < -0.4 is 14.8 Å². The minimum Gasteiger partial charge on any atom is -0.493 e. The van der Waals surface area contributed by atoms with E-state index >= 15 is 0 Å². The number of rotatable bonds is 6. The van der Waals surface area contributed by atoms with Gasteiger partial charge in [-0.05, 0) is 42.3 Å². The first-order valence-corrected chi connectivity index (χ1v) is 7.65. The lowest BCUT2D eigenvalue weighted by molar-refractivity contribution is 0.355. The molecule has 0 aliphatic rings. The van der Waals surface area contributed by atoms with Gasteiger partial charge in [0.1, 0.15) is 0 Å². The van der Waals surface area contributed by atoms with Gasteiger partial charge in [-0.15, -0.1) is 0 Å². The summed E-state index contributed by atoms with van der Waals surface area (Å²) in [7, 11) is 3.18. The zero-order chi connectivity index (χ0) is 16.9. The van der Waals surface area contributed by atoms with Crippen LogP contribution in [0.15, 0.2) is 47.0 Å². The number of aromatic nitrogens is 2. The fourth-order valence-electron chi connectivity index (χ4n) is 2.31. The van der Waals surface area contributed by atoms with E-state index in [1.807, 2.05) is 24.3 Å². The number of hydrogen-bond acceptors (Lipinski definition) is 6. The first-order chi connectivity index (χ1) is 11.7. The lowest BCUT2D eigenvalue weighted by Crippen LogP contribution is -1.92. The summed E-state index contributed by atoms with van der Waals surface area (Å²) in [5, 5.41) is 7.10. The number of aryl methyl sites for hydroxylation is 1. The van der Waals surface area contributed by atoms with Crippen molar-refractivity contribution in [2.75, 3.05) is 19.5 Å². The Kier molecular flexibility index (Phi) is 4.65. The largest absolute Gasteiger partial charge is 0.493 e. The van der Waals surface area contributed by atoms with Crippen LogP contribution in [0.5, 0.6) is 11.5 Å². The van der Waals surface area contributed by atoms with Crippen LogP contribution in [-0.4, -0.2) is 24.4 Å².